The quantitative estimate of drug-likeness (QED) is 0.498. The molecule has 176 valence electrons. The van der Waals surface area contributed by atoms with Crippen LogP contribution in [0.2, 0.25) is 0 Å². The molecule has 2 saturated heterocycles. The minimum Gasteiger partial charge on any atom is -0.465 e. The Labute approximate surface area is 194 Å². The molecule has 0 aromatic carbocycles. The largest absolute Gasteiger partial charge is 0.465 e. The van der Waals surface area contributed by atoms with Gasteiger partial charge in [0.25, 0.3) is 0 Å². The van der Waals surface area contributed by atoms with Gasteiger partial charge in [0.05, 0.1) is 35.8 Å². The number of rotatable bonds is 5. The zero-order chi connectivity index (χ0) is 23.0. The van der Waals surface area contributed by atoms with Crippen LogP contribution in [0.5, 0.6) is 0 Å². The fraction of sp³-hybridized carbons (Fsp3) is 0.708. The van der Waals surface area contributed by atoms with Crippen molar-refractivity contribution in [2.24, 2.45) is 11.8 Å². The first-order chi connectivity index (χ1) is 15.4. The Kier molecular flexibility index (Phi) is 6.73. The van der Waals surface area contributed by atoms with Crippen LogP contribution in [-0.4, -0.2) is 80.6 Å². The number of cyclic esters (lactones) is 1. The fourth-order valence-electron chi connectivity index (χ4n) is 5.74. The molecule has 0 bridgehead atoms. The number of amides is 2. The number of esters is 1. The number of aliphatic hydroxyl groups is 1. The Morgan fingerprint density at radius 1 is 1.22 bits per heavy atom. The van der Waals surface area contributed by atoms with E-state index in [0.29, 0.717) is 13.2 Å². The number of hydrogen-bond acceptors (Lipinski definition) is 6. The Morgan fingerprint density at radius 3 is 2.72 bits per heavy atom. The Hall–Kier alpha value is -1.80. The average Bonchev–Trinajstić information content (AvgIpc) is 3.18. The van der Waals surface area contributed by atoms with Gasteiger partial charge < -0.3 is 19.6 Å². The van der Waals surface area contributed by atoms with Gasteiger partial charge in [0.2, 0.25) is 11.8 Å². The number of thioether (sulfide) groups is 1. The highest BCUT2D eigenvalue weighted by atomic mass is 32.2. The van der Waals surface area contributed by atoms with E-state index in [1.807, 2.05) is 30.1 Å². The van der Waals surface area contributed by atoms with E-state index in [9.17, 15) is 19.5 Å². The number of carbonyl (C=O) groups is 3. The van der Waals surface area contributed by atoms with Gasteiger partial charge >= 0.3 is 5.97 Å². The van der Waals surface area contributed by atoms with Crippen LogP contribution in [0.1, 0.15) is 46.5 Å². The summed E-state index contributed by atoms with van der Waals surface area (Å²) in [4.78, 5) is 44.4. The number of hydrogen-bond donors (Lipinski definition) is 1. The van der Waals surface area contributed by atoms with E-state index >= 15 is 0 Å². The summed E-state index contributed by atoms with van der Waals surface area (Å²) in [5, 5.41) is 9.72. The van der Waals surface area contributed by atoms with Crippen LogP contribution >= 0.6 is 11.8 Å². The third kappa shape index (κ3) is 3.59. The van der Waals surface area contributed by atoms with E-state index in [0.717, 1.165) is 25.7 Å². The van der Waals surface area contributed by atoms with Crippen molar-refractivity contribution in [2.45, 2.75) is 74.6 Å². The number of allylic oxidation sites excluding steroid dienone is 1. The van der Waals surface area contributed by atoms with Crippen molar-refractivity contribution in [3.63, 3.8) is 0 Å². The second kappa shape index (κ2) is 9.21. The normalized spacial score (nSPS) is 37.4. The molecule has 0 aromatic rings. The third-order valence-electron chi connectivity index (χ3n) is 7.30. The Bertz CT molecular complexity index is 829. The molecule has 2 amide bonds. The van der Waals surface area contributed by atoms with Gasteiger partial charge in [0.1, 0.15) is 6.04 Å². The SMILES string of the molecule is CCCC(C)N1CC=C[C@]23S[C@H]4/C=C\CCCOC(=O)[C@H]4[C@H]2C(=O)N([C@H](C)CO)C3C1=O. The summed E-state index contributed by atoms with van der Waals surface area (Å²) >= 11 is 1.55. The summed E-state index contributed by atoms with van der Waals surface area (Å²) in [7, 11) is 0. The number of fused-ring (bicyclic) bond motifs is 2. The average molecular weight is 463 g/mol. The zero-order valence-electron chi connectivity index (χ0n) is 19.1. The molecule has 32 heavy (non-hydrogen) atoms. The van der Waals surface area contributed by atoms with E-state index in [4.69, 9.17) is 4.74 Å². The molecule has 4 aliphatic rings. The number of nitrogens with zero attached hydrogens (tertiary/aromatic N) is 2. The summed E-state index contributed by atoms with van der Waals surface area (Å²) in [5.74, 6) is -2.01. The highest BCUT2D eigenvalue weighted by Gasteiger charge is 2.71. The molecular formula is C24H34N2O5S. The van der Waals surface area contributed by atoms with Crippen molar-refractivity contribution < 1.29 is 24.2 Å². The Balaban J connectivity index is 1.82. The van der Waals surface area contributed by atoms with Crippen molar-refractivity contribution >= 4 is 29.5 Å². The van der Waals surface area contributed by atoms with Gasteiger partial charge in [0.15, 0.2) is 0 Å². The molecule has 1 spiro atoms. The molecule has 4 aliphatic heterocycles. The molecule has 0 aliphatic carbocycles. The monoisotopic (exact) mass is 462 g/mol. The molecule has 4 heterocycles. The molecule has 0 saturated carbocycles. The van der Waals surface area contributed by atoms with Crippen LogP contribution in [0.4, 0.5) is 0 Å². The maximum absolute atomic E-state index is 14.0. The third-order valence-corrected chi connectivity index (χ3v) is 9.04. The van der Waals surface area contributed by atoms with Crippen LogP contribution in [0, 0.1) is 11.8 Å². The summed E-state index contributed by atoms with van der Waals surface area (Å²) in [5.41, 5.74) is 0. The summed E-state index contributed by atoms with van der Waals surface area (Å²) < 4.78 is 4.70. The van der Waals surface area contributed by atoms with Gasteiger partial charge in [-0.15, -0.1) is 11.8 Å². The fourth-order valence-corrected chi connectivity index (χ4v) is 7.73. The van der Waals surface area contributed by atoms with Crippen molar-refractivity contribution in [2.75, 3.05) is 19.8 Å². The van der Waals surface area contributed by atoms with Gasteiger partial charge in [-0.25, -0.2) is 0 Å². The lowest BCUT2D eigenvalue weighted by Crippen LogP contribution is -2.57. The first-order valence-corrected chi connectivity index (χ1v) is 12.7. The van der Waals surface area contributed by atoms with Gasteiger partial charge in [-0.1, -0.05) is 37.6 Å². The molecule has 7 atom stereocenters. The first-order valence-electron chi connectivity index (χ1n) is 11.8. The van der Waals surface area contributed by atoms with Crippen LogP contribution in [0.15, 0.2) is 24.3 Å². The molecule has 7 nitrogen and oxygen atoms in total. The standard InChI is InChI=1S/C24H34N2O5S/c1-4-9-15(2)25-12-8-11-24-19(21(28)26(16(3)14-27)20(24)22(25)29)18-17(32-24)10-6-5-7-13-31-23(18)30/h6,8,10-11,15-20,27H,4-5,7,9,12-14H2,1-3H3/b10-6-/t15?,16-,17+,18-,19+,20?,24+/m1/s1. The van der Waals surface area contributed by atoms with Gasteiger partial charge in [-0.2, -0.15) is 0 Å². The number of ether oxygens (including phenoxy) is 1. The van der Waals surface area contributed by atoms with Gasteiger partial charge in [0, 0.05) is 17.8 Å². The lowest BCUT2D eigenvalue weighted by Gasteiger charge is -2.39. The van der Waals surface area contributed by atoms with Gasteiger partial charge in [-0.05, 0) is 33.1 Å². The lowest BCUT2D eigenvalue weighted by atomic mass is 9.78. The molecular weight excluding hydrogens is 428 g/mol. The second-order valence-electron chi connectivity index (χ2n) is 9.39. The van der Waals surface area contributed by atoms with E-state index in [-0.39, 0.29) is 35.7 Å². The summed E-state index contributed by atoms with van der Waals surface area (Å²) in [6.07, 6.45) is 11.5. The molecule has 2 fully saturated rings. The van der Waals surface area contributed by atoms with Crippen molar-refractivity contribution in [1.29, 1.82) is 0 Å². The predicted molar refractivity (Wildman–Crippen MR) is 123 cm³/mol. The molecule has 2 unspecified atom stereocenters. The highest BCUT2D eigenvalue weighted by Crippen LogP contribution is 2.61. The van der Waals surface area contributed by atoms with Crippen LogP contribution < -0.4 is 0 Å². The molecule has 0 radical (unpaired) electrons. The second-order valence-corrected chi connectivity index (χ2v) is 10.9. The smallest absolute Gasteiger partial charge is 0.311 e. The summed E-state index contributed by atoms with van der Waals surface area (Å²) in [6.45, 7) is 6.47. The maximum Gasteiger partial charge on any atom is 0.311 e. The van der Waals surface area contributed by atoms with E-state index in [2.05, 4.69) is 13.0 Å². The first kappa shape index (κ1) is 23.4. The number of likely N-dealkylation sites (tertiary alicyclic amines) is 1. The minimum absolute atomic E-state index is 0.0428. The number of aliphatic hydroxyl groups excluding tert-OH is 1. The molecule has 8 heteroatoms. The molecule has 4 rings (SSSR count). The lowest BCUT2D eigenvalue weighted by molar-refractivity contribution is -0.153. The maximum atomic E-state index is 14.0. The highest BCUT2D eigenvalue weighted by molar-refractivity contribution is 8.02. The molecule has 0 aromatic heterocycles. The van der Waals surface area contributed by atoms with Crippen LogP contribution in [0.25, 0.3) is 0 Å². The van der Waals surface area contributed by atoms with E-state index < -0.39 is 28.7 Å². The van der Waals surface area contributed by atoms with Crippen molar-refractivity contribution in [1.82, 2.24) is 9.80 Å². The Morgan fingerprint density at radius 2 is 2.00 bits per heavy atom. The van der Waals surface area contributed by atoms with Crippen LogP contribution in [0.3, 0.4) is 0 Å². The molecule has 1 N–H and O–H groups in total. The van der Waals surface area contributed by atoms with Crippen LogP contribution in [-0.2, 0) is 19.1 Å². The van der Waals surface area contributed by atoms with Crippen molar-refractivity contribution in [3.05, 3.63) is 24.3 Å². The van der Waals surface area contributed by atoms with Crippen molar-refractivity contribution in [3.8, 4) is 0 Å². The van der Waals surface area contributed by atoms with Gasteiger partial charge in [-0.3, -0.25) is 14.4 Å². The van der Waals surface area contributed by atoms with E-state index in [1.54, 1.807) is 23.6 Å². The van der Waals surface area contributed by atoms with E-state index in [1.165, 1.54) is 0 Å². The number of carbonyl (C=O) groups excluding carboxylic acids is 3. The zero-order valence-corrected chi connectivity index (χ0v) is 19.9. The topological polar surface area (TPSA) is 87.2 Å². The minimum atomic E-state index is -0.851. The summed E-state index contributed by atoms with van der Waals surface area (Å²) in [6, 6.07) is -1.22. The predicted octanol–water partition coefficient (Wildman–Crippen LogP) is 2.14.